The highest BCUT2D eigenvalue weighted by atomic mass is 32.2. The molecular weight excluding hydrogens is 412 g/mol. The van der Waals surface area contributed by atoms with Crippen LogP contribution in [0.2, 0.25) is 0 Å². The molecule has 1 aliphatic heterocycles. The van der Waals surface area contributed by atoms with Crippen LogP contribution in [0.3, 0.4) is 0 Å². The van der Waals surface area contributed by atoms with Crippen molar-refractivity contribution in [3.05, 3.63) is 53.6 Å². The van der Waals surface area contributed by atoms with Gasteiger partial charge in [0.05, 0.1) is 11.0 Å². The lowest BCUT2D eigenvalue weighted by atomic mass is 10.1. The van der Waals surface area contributed by atoms with Gasteiger partial charge in [0.2, 0.25) is 10.0 Å². The van der Waals surface area contributed by atoms with E-state index in [1.54, 1.807) is 19.1 Å². The Bertz CT molecular complexity index is 1020. The van der Waals surface area contributed by atoms with Gasteiger partial charge < -0.3 is 10.1 Å². The van der Waals surface area contributed by atoms with Crippen molar-refractivity contribution in [2.45, 2.75) is 62.9 Å². The number of aryl methyl sites for hydroxylation is 1. The monoisotopic (exact) mass is 442 g/mol. The van der Waals surface area contributed by atoms with Crippen LogP contribution in [0.15, 0.2) is 47.4 Å². The number of rotatable bonds is 6. The van der Waals surface area contributed by atoms with Crippen molar-refractivity contribution >= 4 is 21.6 Å². The molecule has 0 atom stereocenters. The average molecular weight is 443 g/mol. The minimum Gasteiger partial charge on any atom is -0.490 e. The highest BCUT2D eigenvalue weighted by molar-refractivity contribution is 7.89. The number of hydrogen-bond acceptors (Lipinski definition) is 4. The van der Waals surface area contributed by atoms with Crippen LogP contribution >= 0.6 is 0 Å². The molecule has 2 aliphatic rings. The van der Waals surface area contributed by atoms with Gasteiger partial charge in [-0.05, 0) is 87.4 Å². The van der Waals surface area contributed by atoms with Crippen LogP contribution in [0.5, 0.6) is 5.75 Å². The molecule has 6 nitrogen and oxygen atoms in total. The van der Waals surface area contributed by atoms with E-state index in [1.807, 2.05) is 24.3 Å². The second-order valence-corrected chi connectivity index (χ2v) is 10.4. The summed E-state index contributed by atoms with van der Waals surface area (Å²) in [6, 6.07) is 12.2. The number of carbonyl (C=O) groups is 1. The zero-order valence-electron chi connectivity index (χ0n) is 18.0. The van der Waals surface area contributed by atoms with E-state index in [4.69, 9.17) is 4.74 Å². The summed E-state index contributed by atoms with van der Waals surface area (Å²) in [5, 5.41) is 2.85. The zero-order chi connectivity index (χ0) is 21.8. The molecule has 0 bridgehead atoms. The highest BCUT2D eigenvalue weighted by Crippen LogP contribution is 2.26. The van der Waals surface area contributed by atoms with E-state index >= 15 is 0 Å². The Labute approximate surface area is 184 Å². The van der Waals surface area contributed by atoms with Gasteiger partial charge in [0.15, 0.2) is 0 Å². The third-order valence-electron chi connectivity index (χ3n) is 6.10. The lowest BCUT2D eigenvalue weighted by Crippen LogP contribution is -2.36. The molecule has 7 heteroatoms. The van der Waals surface area contributed by atoms with E-state index in [1.165, 1.54) is 23.2 Å². The Morgan fingerprint density at radius 1 is 0.968 bits per heavy atom. The van der Waals surface area contributed by atoms with Crippen molar-refractivity contribution < 1.29 is 17.9 Å². The molecule has 31 heavy (non-hydrogen) atoms. The van der Waals surface area contributed by atoms with Gasteiger partial charge in [0.25, 0.3) is 5.91 Å². The average Bonchev–Trinajstić information content (AvgIpc) is 3.29. The first-order chi connectivity index (χ1) is 14.9. The van der Waals surface area contributed by atoms with Gasteiger partial charge in [-0.3, -0.25) is 4.79 Å². The number of anilines is 1. The fourth-order valence-electron chi connectivity index (χ4n) is 4.28. The topological polar surface area (TPSA) is 75.7 Å². The predicted molar refractivity (Wildman–Crippen MR) is 121 cm³/mol. The summed E-state index contributed by atoms with van der Waals surface area (Å²) < 4.78 is 33.7. The highest BCUT2D eigenvalue weighted by Gasteiger charge is 2.28. The summed E-state index contributed by atoms with van der Waals surface area (Å²) in [5.41, 5.74) is 1.62. The Morgan fingerprint density at radius 3 is 2.32 bits per heavy atom. The fraction of sp³-hybridized carbons (Fsp3) is 0.458. The SMILES string of the molecule is Cc1ccc(C(=O)Nc2ccc(OC3CCCC3)cc2)cc1S(=O)(=O)N1CCCCC1. The van der Waals surface area contributed by atoms with Gasteiger partial charge in [0, 0.05) is 24.3 Å². The van der Waals surface area contributed by atoms with E-state index in [-0.39, 0.29) is 16.9 Å². The van der Waals surface area contributed by atoms with Crippen molar-refractivity contribution in [2.75, 3.05) is 18.4 Å². The minimum absolute atomic E-state index is 0.211. The predicted octanol–water partition coefficient (Wildman–Crippen LogP) is 4.74. The first-order valence-electron chi connectivity index (χ1n) is 11.1. The van der Waals surface area contributed by atoms with Gasteiger partial charge >= 0.3 is 0 Å². The molecule has 4 rings (SSSR count). The summed E-state index contributed by atoms with van der Waals surface area (Å²) in [5.74, 6) is 0.467. The molecule has 1 heterocycles. The number of piperidine rings is 1. The van der Waals surface area contributed by atoms with Gasteiger partial charge in [-0.2, -0.15) is 4.31 Å². The lowest BCUT2D eigenvalue weighted by molar-refractivity contribution is 0.102. The molecule has 0 aromatic heterocycles. The van der Waals surface area contributed by atoms with Crippen molar-refractivity contribution in [1.29, 1.82) is 0 Å². The van der Waals surface area contributed by atoms with Crippen molar-refractivity contribution in [3.8, 4) is 5.75 Å². The third kappa shape index (κ3) is 5.10. The molecule has 2 aromatic rings. The fourth-order valence-corrected chi connectivity index (χ4v) is 6.05. The number of amides is 1. The maximum Gasteiger partial charge on any atom is 0.255 e. The van der Waals surface area contributed by atoms with E-state index in [0.717, 1.165) is 37.9 Å². The Hall–Kier alpha value is -2.38. The molecule has 1 saturated heterocycles. The maximum atomic E-state index is 13.1. The van der Waals surface area contributed by atoms with Crippen molar-refractivity contribution in [1.82, 2.24) is 4.31 Å². The standard InChI is InChI=1S/C24H30N2O4S/c1-18-9-10-19(17-23(18)31(28,29)26-15-5-2-6-16-26)24(27)25-20-11-13-22(14-12-20)30-21-7-3-4-8-21/h9-14,17,21H,2-8,15-16H2,1H3,(H,25,27). The van der Waals surface area contributed by atoms with Crippen LogP contribution < -0.4 is 10.1 Å². The summed E-state index contributed by atoms with van der Waals surface area (Å²) in [7, 11) is -3.60. The number of ether oxygens (including phenoxy) is 1. The molecule has 0 spiro atoms. The Kier molecular flexibility index (Phi) is 6.62. The second-order valence-electron chi connectivity index (χ2n) is 8.45. The number of sulfonamides is 1. The van der Waals surface area contributed by atoms with Crippen molar-refractivity contribution in [2.24, 2.45) is 0 Å². The van der Waals surface area contributed by atoms with E-state index in [0.29, 0.717) is 29.9 Å². The van der Waals surface area contributed by atoms with Gasteiger partial charge in [-0.25, -0.2) is 8.42 Å². The Morgan fingerprint density at radius 2 is 1.65 bits per heavy atom. The number of nitrogens with zero attached hydrogens (tertiary/aromatic N) is 1. The summed E-state index contributed by atoms with van der Waals surface area (Å²) in [4.78, 5) is 13.0. The molecule has 1 N–H and O–H groups in total. The van der Waals surface area contributed by atoms with Gasteiger partial charge in [-0.1, -0.05) is 12.5 Å². The molecular formula is C24H30N2O4S. The number of benzene rings is 2. The van der Waals surface area contributed by atoms with Crippen molar-refractivity contribution in [3.63, 3.8) is 0 Å². The van der Waals surface area contributed by atoms with Crippen LogP contribution in [0.1, 0.15) is 60.9 Å². The van der Waals surface area contributed by atoms with Crippen LogP contribution in [0.25, 0.3) is 0 Å². The maximum absolute atomic E-state index is 13.1. The third-order valence-corrected chi connectivity index (χ3v) is 8.14. The first-order valence-corrected chi connectivity index (χ1v) is 12.6. The number of hydrogen-bond donors (Lipinski definition) is 1. The Balaban J connectivity index is 1.46. The molecule has 0 radical (unpaired) electrons. The smallest absolute Gasteiger partial charge is 0.255 e. The minimum atomic E-state index is -3.60. The van der Waals surface area contributed by atoms with Gasteiger partial charge in [0.1, 0.15) is 5.75 Å². The van der Waals surface area contributed by atoms with Crippen LogP contribution in [0.4, 0.5) is 5.69 Å². The normalized spacial score (nSPS) is 18.1. The molecule has 1 saturated carbocycles. The van der Waals surface area contributed by atoms with Gasteiger partial charge in [-0.15, -0.1) is 0 Å². The molecule has 2 fully saturated rings. The lowest BCUT2D eigenvalue weighted by Gasteiger charge is -2.26. The van der Waals surface area contributed by atoms with E-state index in [2.05, 4.69) is 5.32 Å². The first kappa shape index (κ1) is 21.8. The molecule has 1 amide bonds. The zero-order valence-corrected chi connectivity index (χ0v) is 18.8. The molecule has 166 valence electrons. The molecule has 2 aromatic carbocycles. The summed E-state index contributed by atoms with van der Waals surface area (Å²) in [6.07, 6.45) is 7.70. The van der Waals surface area contributed by atoms with Crippen LogP contribution in [0, 0.1) is 6.92 Å². The number of carbonyl (C=O) groups excluding carboxylic acids is 1. The largest absolute Gasteiger partial charge is 0.490 e. The summed E-state index contributed by atoms with van der Waals surface area (Å²) >= 11 is 0. The molecule has 0 unspecified atom stereocenters. The van der Waals surface area contributed by atoms with E-state index < -0.39 is 10.0 Å². The quantitative estimate of drug-likeness (QED) is 0.701. The van der Waals surface area contributed by atoms with Crippen LogP contribution in [-0.2, 0) is 10.0 Å². The van der Waals surface area contributed by atoms with Crippen LogP contribution in [-0.4, -0.2) is 37.8 Å². The second kappa shape index (κ2) is 9.40. The summed E-state index contributed by atoms with van der Waals surface area (Å²) in [6.45, 7) is 2.84. The van der Waals surface area contributed by atoms with E-state index in [9.17, 15) is 13.2 Å². The number of nitrogens with one attached hydrogen (secondary N) is 1. The molecule has 1 aliphatic carbocycles.